The Labute approximate surface area is 146 Å². The van der Waals surface area contributed by atoms with Crippen LogP contribution in [-0.2, 0) is 9.59 Å². The van der Waals surface area contributed by atoms with Gasteiger partial charge in [-0.3, -0.25) is 14.5 Å². The van der Waals surface area contributed by atoms with Gasteiger partial charge >= 0.3 is 11.8 Å². The molecule has 7 nitrogen and oxygen atoms in total. The van der Waals surface area contributed by atoms with Crippen molar-refractivity contribution in [3.63, 3.8) is 0 Å². The third kappa shape index (κ3) is 4.45. The Bertz CT molecular complexity index is 741. The maximum Gasteiger partial charge on any atom is 0.313 e. The fourth-order valence-corrected chi connectivity index (χ4v) is 2.60. The molecule has 2 N–H and O–H groups in total. The molecule has 0 spiro atoms. The number of aromatic nitrogens is 1. The van der Waals surface area contributed by atoms with Gasteiger partial charge < -0.3 is 15.1 Å². The second-order valence-corrected chi connectivity index (χ2v) is 6.36. The highest BCUT2D eigenvalue weighted by molar-refractivity contribution is 6.39. The molecule has 132 valence electrons. The maximum absolute atomic E-state index is 12.1. The summed E-state index contributed by atoms with van der Waals surface area (Å²) in [5.41, 5.74) is 1.30. The van der Waals surface area contributed by atoms with Gasteiger partial charge in [-0.05, 0) is 38.9 Å². The number of likely N-dealkylation sites (N-methyl/N-ethyl adjacent to an activating group) is 1. The van der Waals surface area contributed by atoms with E-state index in [1.54, 1.807) is 24.4 Å². The van der Waals surface area contributed by atoms with Crippen molar-refractivity contribution < 1.29 is 14.0 Å². The van der Waals surface area contributed by atoms with E-state index in [1.807, 2.05) is 20.0 Å². The molecule has 1 saturated carbocycles. The van der Waals surface area contributed by atoms with Crippen LogP contribution < -0.4 is 10.6 Å². The fraction of sp³-hybridized carbons (Fsp3) is 0.389. The van der Waals surface area contributed by atoms with Crippen LogP contribution >= 0.6 is 0 Å². The molecule has 1 aromatic carbocycles. The average Bonchev–Trinajstić information content (AvgIpc) is 3.32. The summed E-state index contributed by atoms with van der Waals surface area (Å²) in [6.07, 6.45) is 5.34. The number of carbonyl (C=O) groups is 2. The highest BCUT2D eigenvalue weighted by atomic mass is 16.3. The molecule has 3 rings (SSSR count). The number of benzene rings is 1. The van der Waals surface area contributed by atoms with E-state index >= 15 is 0 Å². The van der Waals surface area contributed by atoms with E-state index in [-0.39, 0.29) is 6.04 Å². The second kappa shape index (κ2) is 7.48. The molecule has 1 fully saturated rings. The van der Waals surface area contributed by atoms with Gasteiger partial charge in [-0.15, -0.1) is 0 Å². The number of oxazole rings is 1. The van der Waals surface area contributed by atoms with Gasteiger partial charge in [0, 0.05) is 29.9 Å². The number of nitrogens with one attached hydrogen (secondary N) is 2. The average molecular weight is 342 g/mol. The third-order valence-corrected chi connectivity index (χ3v) is 4.42. The molecule has 1 aliphatic rings. The summed E-state index contributed by atoms with van der Waals surface area (Å²) >= 11 is 0. The Morgan fingerprint density at radius 2 is 2.16 bits per heavy atom. The van der Waals surface area contributed by atoms with Gasteiger partial charge in [-0.2, -0.15) is 0 Å². The second-order valence-electron chi connectivity index (χ2n) is 6.36. The minimum atomic E-state index is -0.684. The molecule has 1 aliphatic carbocycles. The van der Waals surface area contributed by atoms with Gasteiger partial charge in [0.2, 0.25) is 0 Å². The Hall–Kier alpha value is -2.67. The molecule has 1 aromatic heterocycles. The SMILES string of the molecule is C[C@@H](CNC(=O)C(=O)Nc1cccc(-c2cnco2)c1)N(C)C1CC1. The van der Waals surface area contributed by atoms with Crippen molar-refractivity contribution >= 4 is 17.5 Å². The van der Waals surface area contributed by atoms with E-state index in [9.17, 15) is 9.59 Å². The molecule has 2 aromatic rings. The molecule has 0 bridgehead atoms. The molecule has 1 heterocycles. The number of nitrogens with zero attached hydrogens (tertiary/aromatic N) is 2. The van der Waals surface area contributed by atoms with Crippen LogP contribution in [0.3, 0.4) is 0 Å². The van der Waals surface area contributed by atoms with Crippen molar-refractivity contribution in [2.24, 2.45) is 0 Å². The van der Waals surface area contributed by atoms with Crippen molar-refractivity contribution in [3.05, 3.63) is 36.9 Å². The number of carbonyl (C=O) groups excluding carboxylic acids is 2. The quantitative estimate of drug-likeness (QED) is 0.783. The summed E-state index contributed by atoms with van der Waals surface area (Å²) < 4.78 is 5.23. The molecule has 25 heavy (non-hydrogen) atoms. The summed E-state index contributed by atoms with van der Waals surface area (Å²) in [4.78, 5) is 30.2. The van der Waals surface area contributed by atoms with Crippen LogP contribution in [0, 0.1) is 0 Å². The largest absolute Gasteiger partial charge is 0.444 e. The van der Waals surface area contributed by atoms with E-state index in [1.165, 1.54) is 19.2 Å². The predicted octanol–water partition coefficient (Wildman–Crippen LogP) is 1.88. The van der Waals surface area contributed by atoms with Crippen LogP contribution in [0.25, 0.3) is 11.3 Å². The van der Waals surface area contributed by atoms with Crippen LogP contribution in [-0.4, -0.2) is 47.4 Å². The molecule has 1 atom stereocenters. The summed E-state index contributed by atoms with van der Waals surface area (Å²) in [7, 11) is 2.05. The summed E-state index contributed by atoms with van der Waals surface area (Å²) in [6.45, 7) is 2.48. The summed E-state index contributed by atoms with van der Waals surface area (Å²) in [5, 5.41) is 5.29. The zero-order chi connectivity index (χ0) is 17.8. The topological polar surface area (TPSA) is 87.5 Å². The normalized spacial score (nSPS) is 15.0. The lowest BCUT2D eigenvalue weighted by Gasteiger charge is -2.24. The first kappa shape index (κ1) is 17.2. The van der Waals surface area contributed by atoms with E-state index in [4.69, 9.17) is 4.42 Å². The first-order valence-corrected chi connectivity index (χ1v) is 8.34. The predicted molar refractivity (Wildman–Crippen MR) is 93.8 cm³/mol. The summed E-state index contributed by atoms with van der Waals surface area (Å²) in [5.74, 6) is -0.727. The van der Waals surface area contributed by atoms with Gasteiger partial charge in [0.25, 0.3) is 0 Å². The fourth-order valence-electron chi connectivity index (χ4n) is 2.60. The lowest BCUT2D eigenvalue weighted by Crippen LogP contribution is -2.44. The highest BCUT2D eigenvalue weighted by Crippen LogP contribution is 2.26. The van der Waals surface area contributed by atoms with Crippen molar-refractivity contribution in [1.82, 2.24) is 15.2 Å². The van der Waals surface area contributed by atoms with E-state index in [0.717, 1.165) is 5.56 Å². The highest BCUT2D eigenvalue weighted by Gasteiger charge is 2.29. The Morgan fingerprint density at radius 1 is 1.36 bits per heavy atom. The molecular weight excluding hydrogens is 320 g/mol. The lowest BCUT2D eigenvalue weighted by molar-refractivity contribution is -0.136. The monoisotopic (exact) mass is 342 g/mol. The molecule has 0 unspecified atom stereocenters. The minimum absolute atomic E-state index is 0.194. The molecule has 0 aliphatic heterocycles. The number of hydrogen-bond donors (Lipinski definition) is 2. The standard InChI is InChI=1S/C18H22N4O3/c1-12(22(2)15-6-7-15)9-20-17(23)18(24)21-14-5-3-4-13(8-14)16-10-19-11-25-16/h3-5,8,10-12,15H,6-7,9H2,1-2H3,(H,20,23)(H,21,24)/t12-/m0/s1. The van der Waals surface area contributed by atoms with Crippen molar-refractivity contribution in [2.45, 2.75) is 31.8 Å². The van der Waals surface area contributed by atoms with Crippen molar-refractivity contribution in [2.75, 3.05) is 18.9 Å². The van der Waals surface area contributed by atoms with Crippen molar-refractivity contribution in [3.8, 4) is 11.3 Å². The Morgan fingerprint density at radius 3 is 2.84 bits per heavy atom. The van der Waals surface area contributed by atoms with Crippen LogP contribution in [0.1, 0.15) is 19.8 Å². The zero-order valence-corrected chi connectivity index (χ0v) is 14.4. The van der Waals surface area contributed by atoms with E-state index in [0.29, 0.717) is 24.0 Å². The van der Waals surface area contributed by atoms with Gasteiger partial charge in [-0.1, -0.05) is 12.1 Å². The molecular formula is C18H22N4O3. The van der Waals surface area contributed by atoms with Gasteiger partial charge in [0.05, 0.1) is 6.20 Å². The third-order valence-electron chi connectivity index (χ3n) is 4.42. The zero-order valence-electron chi connectivity index (χ0n) is 14.4. The van der Waals surface area contributed by atoms with Crippen LogP contribution in [0.2, 0.25) is 0 Å². The number of anilines is 1. The molecule has 7 heteroatoms. The number of hydrogen-bond acceptors (Lipinski definition) is 5. The van der Waals surface area contributed by atoms with Gasteiger partial charge in [-0.25, -0.2) is 4.98 Å². The van der Waals surface area contributed by atoms with E-state index in [2.05, 4.69) is 20.5 Å². The maximum atomic E-state index is 12.1. The van der Waals surface area contributed by atoms with Gasteiger partial charge in [0.1, 0.15) is 0 Å². The van der Waals surface area contributed by atoms with Crippen LogP contribution in [0.4, 0.5) is 5.69 Å². The van der Waals surface area contributed by atoms with E-state index < -0.39 is 11.8 Å². The number of amides is 2. The molecule has 0 radical (unpaired) electrons. The Kier molecular flexibility index (Phi) is 5.14. The first-order chi connectivity index (χ1) is 12.0. The number of rotatable bonds is 6. The van der Waals surface area contributed by atoms with Crippen molar-refractivity contribution in [1.29, 1.82) is 0 Å². The Balaban J connectivity index is 1.53. The van der Waals surface area contributed by atoms with Crippen LogP contribution in [0.15, 0.2) is 41.3 Å². The lowest BCUT2D eigenvalue weighted by atomic mass is 10.1. The first-order valence-electron chi connectivity index (χ1n) is 8.34. The van der Waals surface area contributed by atoms with Gasteiger partial charge in [0.15, 0.2) is 12.2 Å². The molecule has 2 amide bonds. The van der Waals surface area contributed by atoms with Crippen LogP contribution in [0.5, 0.6) is 0 Å². The molecule has 0 saturated heterocycles. The smallest absolute Gasteiger partial charge is 0.313 e. The minimum Gasteiger partial charge on any atom is -0.444 e. The summed E-state index contributed by atoms with van der Waals surface area (Å²) in [6, 6.07) is 7.87.